The minimum absolute atomic E-state index is 0.321. The van der Waals surface area contributed by atoms with Gasteiger partial charge in [0.15, 0.2) is 0 Å². The number of alkyl halides is 1. The Morgan fingerprint density at radius 1 is 1.17 bits per heavy atom. The molecular formula is C20H28ClNO. The molecule has 0 N–H and O–H groups in total. The van der Waals surface area contributed by atoms with Gasteiger partial charge in [0.25, 0.3) is 0 Å². The van der Waals surface area contributed by atoms with Crippen LogP contribution in [0.3, 0.4) is 0 Å². The van der Waals surface area contributed by atoms with Crippen molar-refractivity contribution in [3.63, 3.8) is 0 Å². The third-order valence-electron chi connectivity index (χ3n) is 5.44. The van der Waals surface area contributed by atoms with E-state index in [2.05, 4.69) is 18.2 Å². The van der Waals surface area contributed by atoms with E-state index in [1.165, 1.54) is 43.2 Å². The third kappa shape index (κ3) is 4.29. The number of carbonyl (C=O) groups excluding carboxylic acids is 1. The molecule has 0 aromatic heterocycles. The lowest BCUT2D eigenvalue weighted by Crippen LogP contribution is -2.35. The van der Waals surface area contributed by atoms with Gasteiger partial charge >= 0.3 is 0 Å². The number of carbonyl (C=O) groups is 1. The number of benzene rings is 1. The summed E-state index contributed by atoms with van der Waals surface area (Å²) in [4.78, 5) is 14.8. The number of hydrogen-bond donors (Lipinski definition) is 0. The van der Waals surface area contributed by atoms with Gasteiger partial charge in [0, 0.05) is 24.5 Å². The Balaban J connectivity index is 1.63. The van der Waals surface area contributed by atoms with E-state index in [1.807, 2.05) is 4.90 Å². The molecule has 1 aromatic carbocycles. The van der Waals surface area contributed by atoms with Crippen molar-refractivity contribution in [3.8, 4) is 0 Å². The molecule has 1 fully saturated rings. The fraction of sp³-hybridized carbons (Fsp3) is 0.650. The van der Waals surface area contributed by atoms with Gasteiger partial charge in [-0.3, -0.25) is 4.79 Å². The predicted octanol–water partition coefficient (Wildman–Crippen LogP) is 5.11. The number of fused-ring (bicyclic) bond motifs is 1. The van der Waals surface area contributed by atoms with Gasteiger partial charge in [-0.2, -0.15) is 0 Å². The normalized spacial score (nSPS) is 18.7. The molecule has 3 rings (SSSR count). The number of halogens is 1. The van der Waals surface area contributed by atoms with E-state index in [9.17, 15) is 4.79 Å². The van der Waals surface area contributed by atoms with Crippen LogP contribution in [-0.2, 0) is 17.6 Å². The minimum Gasteiger partial charge on any atom is -0.312 e. The molecule has 0 bridgehead atoms. The fourth-order valence-electron chi connectivity index (χ4n) is 4.11. The summed E-state index contributed by atoms with van der Waals surface area (Å²) in [5.41, 5.74) is 3.75. The van der Waals surface area contributed by atoms with Gasteiger partial charge in [-0.25, -0.2) is 0 Å². The SMILES string of the molecule is O=C(CCC1CCCCC1)N1CCCc2cc(CCCl)ccc21. The van der Waals surface area contributed by atoms with Crippen molar-refractivity contribution in [1.82, 2.24) is 0 Å². The summed E-state index contributed by atoms with van der Waals surface area (Å²) in [5.74, 6) is 1.76. The average Bonchev–Trinajstić information content (AvgIpc) is 2.60. The molecule has 3 heteroatoms. The Morgan fingerprint density at radius 2 is 2.00 bits per heavy atom. The first-order valence-electron chi connectivity index (χ1n) is 9.26. The maximum absolute atomic E-state index is 12.7. The van der Waals surface area contributed by atoms with Crippen LogP contribution >= 0.6 is 11.6 Å². The molecular weight excluding hydrogens is 306 g/mol. The van der Waals surface area contributed by atoms with Crippen LogP contribution in [-0.4, -0.2) is 18.3 Å². The lowest BCUT2D eigenvalue weighted by molar-refractivity contribution is -0.119. The average molecular weight is 334 g/mol. The second-order valence-corrected chi connectivity index (χ2v) is 7.47. The van der Waals surface area contributed by atoms with Crippen molar-refractivity contribution in [2.75, 3.05) is 17.3 Å². The van der Waals surface area contributed by atoms with Gasteiger partial charge in [0.2, 0.25) is 5.91 Å². The molecule has 2 nitrogen and oxygen atoms in total. The zero-order chi connectivity index (χ0) is 16.1. The van der Waals surface area contributed by atoms with Gasteiger partial charge < -0.3 is 4.90 Å². The largest absolute Gasteiger partial charge is 0.312 e. The predicted molar refractivity (Wildman–Crippen MR) is 97.3 cm³/mol. The maximum atomic E-state index is 12.7. The van der Waals surface area contributed by atoms with Crippen molar-refractivity contribution in [3.05, 3.63) is 29.3 Å². The first-order chi connectivity index (χ1) is 11.3. The molecule has 0 radical (unpaired) electrons. The van der Waals surface area contributed by atoms with E-state index in [-0.39, 0.29) is 0 Å². The van der Waals surface area contributed by atoms with Crippen LogP contribution in [0.25, 0.3) is 0 Å². The van der Waals surface area contributed by atoms with E-state index in [0.717, 1.165) is 43.8 Å². The Hall–Kier alpha value is -1.02. The van der Waals surface area contributed by atoms with Crippen LogP contribution in [0.2, 0.25) is 0 Å². The monoisotopic (exact) mass is 333 g/mol. The number of rotatable bonds is 5. The summed E-state index contributed by atoms with van der Waals surface area (Å²) in [6.07, 6.45) is 11.6. The van der Waals surface area contributed by atoms with Crippen LogP contribution in [0.15, 0.2) is 18.2 Å². The van der Waals surface area contributed by atoms with E-state index >= 15 is 0 Å². The second-order valence-electron chi connectivity index (χ2n) is 7.09. The molecule has 1 aliphatic heterocycles. The summed E-state index contributed by atoms with van der Waals surface area (Å²) >= 11 is 5.85. The van der Waals surface area contributed by atoms with Crippen molar-refractivity contribution >= 4 is 23.2 Å². The Labute approximate surface area is 145 Å². The molecule has 1 aromatic rings. The molecule has 23 heavy (non-hydrogen) atoms. The Kier molecular flexibility index (Phi) is 5.99. The standard InChI is InChI=1S/C20H28ClNO/c21-13-12-17-8-10-19-18(15-17)7-4-14-22(19)20(23)11-9-16-5-2-1-3-6-16/h8,10,15-16H,1-7,9,11-14H2. The summed E-state index contributed by atoms with van der Waals surface area (Å²) in [6.45, 7) is 0.880. The summed E-state index contributed by atoms with van der Waals surface area (Å²) in [5, 5.41) is 0. The third-order valence-corrected chi connectivity index (χ3v) is 5.63. The second kappa shape index (κ2) is 8.19. The zero-order valence-electron chi connectivity index (χ0n) is 14.0. The van der Waals surface area contributed by atoms with Crippen molar-refractivity contribution in [2.24, 2.45) is 5.92 Å². The van der Waals surface area contributed by atoms with Gasteiger partial charge in [-0.05, 0) is 48.8 Å². The quantitative estimate of drug-likeness (QED) is 0.686. The number of amides is 1. The lowest BCUT2D eigenvalue weighted by atomic mass is 9.86. The molecule has 2 aliphatic rings. The Morgan fingerprint density at radius 3 is 2.78 bits per heavy atom. The molecule has 1 aliphatic carbocycles. The first kappa shape index (κ1) is 16.8. The van der Waals surface area contributed by atoms with Crippen LogP contribution < -0.4 is 4.90 Å². The van der Waals surface area contributed by atoms with Crippen LogP contribution in [0.1, 0.15) is 62.5 Å². The smallest absolute Gasteiger partial charge is 0.226 e. The van der Waals surface area contributed by atoms with Crippen LogP contribution in [0, 0.1) is 5.92 Å². The lowest BCUT2D eigenvalue weighted by Gasteiger charge is -2.31. The van der Waals surface area contributed by atoms with Crippen LogP contribution in [0.5, 0.6) is 0 Å². The van der Waals surface area contributed by atoms with Gasteiger partial charge in [-0.15, -0.1) is 11.6 Å². The Bertz CT molecular complexity index is 536. The number of hydrogen-bond acceptors (Lipinski definition) is 1. The van der Waals surface area contributed by atoms with Crippen molar-refractivity contribution in [2.45, 2.75) is 64.2 Å². The first-order valence-corrected chi connectivity index (χ1v) is 9.79. The molecule has 0 saturated heterocycles. The summed E-state index contributed by atoms with van der Waals surface area (Å²) in [7, 11) is 0. The highest BCUT2D eigenvalue weighted by Gasteiger charge is 2.23. The van der Waals surface area contributed by atoms with Gasteiger partial charge in [0.05, 0.1) is 0 Å². The van der Waals surface area contributed by atoms with Crippen molar-refractivity contribution < 1.29 is 4.79 Å². The van der Waals surface area contributed by atoms with Gasteiger partial charge in [0.1, 0.15) is 0 Å². The van der Waals surface area contributed by atoms with Crippen LogP contribution in [0.4, 0.5) is 5.69 Å². The molecule has 1 amide bonds. The summed E-state index contributed by atoms with van der Waals surface area (Å²) in [6, 6.07) is 6.52. The highest BCUT2D eigenvalue weighted by molar-refractivity contribution is 6.18. The minimum atomic E-state index is 0.321. The zero-order valence-corrected chi connectivity index (χ0v) is 14.8. The fourth-order valence-corrected chi connectivity index (χ4v) is 4.33. The molecule has 0 atom stereocenters. The van der Waals surface area contributed by atoms with E-state index in [1.54, 1.807) is 0 Å². The molecule has 1 saturated carbocycles. The number of nitrogens with zero attached hydrogens (tertiary/aromatic N) is 1. The summed E-state index contributed by atoms with van der Waals surface area (Å²) < 4.78 is 0. The van der Waals surface area contributed by atoms with E-state index in [0.29, 0.717) is 18.2 Å². The highest BCUT2D eigenvalue weighted by Crippen LogP contribution is 2.31. The topological polar surface area (TPSA) is 20.3 Å². The van der Waals surface area contributed by atoms with Crippen molar-refractivity contribution in [1.29, 1.82) is 0 Å². The maximum Gasteiger partial charge on any atom is 0.226 e. The molecule has 1 heterocycles. The molecule has 0 unspecified atom stereocenters. The molecule has 126 valence electrons. The van der Waals surface area contributed by atoms with E-state index < -0.39 is 0 Å². The van der Waals surface area contributed by atoms with Gasteiger partial charge in [-0.1, -0.05) is 44.2 Å². The van der Waals surface area contributed by atoms with E-state index in [4.69, 9.17) is 11.6 Å². The number of anilines is 1. The highest BCUT2D eigenvalue weighted by atomic mass is 35.5. The number of aryl methyl sites for hydroxylation is 2. The molecule has 0 spiro atoms.